The molecule has 0 bridgehead atoms. The first-order chi connectivity index (χ1) is 11.3. The van der Waals surface area contributed by atoms with Crippen molar-refractivity contribution in [1.82, 2.24) is 10.3 Å². The monoisotopic (exact) mass is 324 g/mol. The van der Waals surface area contributed by atoms with Crippen LogP contribution in [-0.2, 0) is 13.0 Å². The van der Waals surface area contributed by atoms with E-state index in [2.05, 4.69) is 34.6 Å². The van der Waals surface area contributed by atoms with Crippen LogP contribution in [0, 0.1) is 0 Å². The van der Waals surface area contributed by atoms with E-state index in [1.807, 2.05) is 41.8 Å². The normalized spacial score (nSPS) is 13.6. The summed E-state index contributed by atoms with van der Waals surface area (Å²) in [6.45, 7) is 0.723. The van der Waals surface area contributed by atoms with Gasteiger partial charge in [0, 0.05) is 24.2 Å². The second kappa shape index (κ2) is 8.02. The summed E-state index contributed by atoms with van der Waals surface area (Å²) in [6, 6.07) is 20.4. The second-order valence-electron chi connectivity index (χ2n) is 5.48. The van der Waals surface area contributed by atoms with Crippen molar-refractivity contribution in [3.05, 3.63) is 88.4 Å². The van der Waals surface area contributed by atoms with E-state index in [0.29, 0.717) is 0 Å². The van der Waals surface area contributed by atoms with Gasteiger partial charge in [-0.15, -0.1) is 11.3 Å². The summed E-state index contributed by atoms with van der Waals surface area (Å²) < 4.78 is 0. The van der Waals surface area contributed by atoms with Gasteiger partial charge < -0.3 is 10.4 Å². The lowest BCUT2D eigenvalue weighted by Gasteiger charge is -2.23. The topological polar surface area (TPSA) is 45.2 Å². The summed E-state index contributed by atoms with van der Waals surface area (Å²) in [5.41, 5.74) is 2.41. The zero-order valence-corrected chi connectivity index (χ0v) is 13.6. The molecule has 2 N–H and O–H groups in total. The van der Waals surface area contributed by atoms with Gasteiger partial charge in [0.25, 0.3) is 0 Å². The van der Waals surface area contributed by atoms with Crippen molar-refractivity contribution < 1.29 is 5.11 Å². The lowest BCUT2D eigenvalue weighted by Crippen LogP contribution is -2.36. The van der Waals surface area contributed by atoms with Crippen molar-refractivity contribution in [2.24, 2.45) is 0 Å². The van der Waals surface area contributed by atoms with Crippen LogP contribution in [0.25, 0.3) is 0 Å². The molecule has 2 aromatic carbocycles. The zero-order valence-electron chi connectivity index (χ0n) is 12.8. The largest absolute Gasteiger partial charge is 0.384 e. The SMILES string of the molecule is O[C@@H](c1nccs1)[C@H](Cc1ccccc1)NCc1ccccc1. The number of aliphatic hydroxyl groups is 1. The van der Waals surface area contributed by atoms with Crippen LogP contribution in [0.4, 0.5) is 0 Å². The molecule has 3 rings (SSSR count). The van der Waals surface area contributed by atoms with Crippen molar-refractivity contribution in [3.8, 4) is 0 Å². The molecule has 3 aromatic rings. The Kier molecular flexibility index (Phi) is 5.53. The quantitative estimate of drug-likeness (QED) is 0.698. The smallest absolute Gasteiger partial charge is 0.123 e. The van der Waals surface area contributed by atoms with Crippen LogP contribution < -0.4 is 5.32 Å². The highest BCUT2D eigenvalue weighted by molar-refractivity contribution is 7.09. The zero-order chi connectivity index (χ0) is 15.9. The maximum atomic E-state index is 10.7. The van der Waals surface area contributed by atoms with Crippen molar-refractivity contribution in [2.75, 3.05) is 0 Å². The molecular formula is C19H20N2OS. The van der Waals surface area contributed by atoms with E-state index in [9.17, 15) is 5.11 Å². The van der Waals surface area contributed by atoms with Gasteiger partial charge in [-0.2, -0.15) is 0 Å². The Morgan fingerprint density at radius 1 is 0.957 bits per heavy atom. The van der Waals surface area contributed by atoms with Crippen molar-refractivity contribution in [1.29, 1.82) is 0 Å². The average molecular weight is 324 g/mol. The molecule has 1 aromatic heterocycles. The third kappa shape index (κ3) is 4.48. The second-order valence-corrected chi connectivity index (χ2v) is 6.40. The first-order valence-corrected chi connectivity index (χ1v) is 8.59. The third-order valence-electron chi connectivity index (χ3n) is 3.80. The molecule has 0 aliphatic heterocycles. The maximum absolute atomic E-state index is 10.7. The summed E-state index contributed by atoms with van der Waals surface area (Å²) in [7, 11) is 0. The molecule has 0 aliphatic carbocycles. The molecule has 0 saturated carbocycles. The minimum Gasteiger partial charge on any atom is -0.384 e. The molecule has 0 radical (unpaired) electrons. The molecule has 118 valence electrons. The van der Waals surface area contributed by atoms with Crippen LogP contribution in [0.5, 0.6) is 0 Å². The van der Waals surface area contributed by atoms with Crippen molar-refractivity contribution in [2.45, 2.75) is 25.1 Å². The van der Waals surface area contributed by atoms with Crippen LogP contribution in [0.3, 0.4) is 0 Å². The summed E-state index contributed by atoms with van der Waals surface area (Å²) in [4.78, 5) is 4.26. The summed E-state index contributed by atoms with van der Waals surface area (Å²) in [6.07, 6.45) is 1.88. The molecule has 0 spiro atoms. The van der Waals surface area contributed by atoms with Gasteiger partial charge in [-0.05, 0) is 17.5 Å². The molecule has 0 amide bonds. The first-order valence-electron chi connectivity index (χ1n) is 7.71. The Labute approximate surface area is 140 Å². The number of aliphatic hydroxyl groups excluding tert-OH is 1. The van der Waals surface area contributed by atoms with E-state index < -0.39 is 6.10 Å². The fraction of sp³-hybridized carbons (Fsp3) is 0.211. The van der Waals surface area contributed by atoms with Gasteiger partial charge in [0.05, 0.1) is 0 Å². The number of rotatable bonds is 7. The predicted molar refractivity (Wildman–Crippen MR) is 94.3 cm³/mol. The molecule has 3 nitrogen and oxygen atoms in total. The summed E-state index contributed by atoms with van der Waals surface area (Å²) in [5, 5.41) is 16.8. The van der Waals surface area contributed by atoms with Crippen LogP contribution in [0.1, 0.15) is 22.2 Å². The van der Waals surface area contributed by atoms with E-state index in [0.717, 1.165) is 18.0 Å². The molecule has 0 unspecified atom stereocenters. The fourth-order valence-electron chi connectivity index (χ4n) is 2.56. The summed E-state index contributed by atoms with van der Waals surface area (Å²) >= 11 is 1.49. The van der Waals surface area contributed by atoms with Crippen molar-refractivity contribution >= 4 is 11.3 Å². The lowest BCUT2D eigenvalue weighted by molar-refractivity contribution is 0.126. The lowest BCUT2D eigenvalue weighted by atomic mass is 10.0. The summed E-state index contributed by atoms with van der Waals surface area (Å²) in [5.74, 6) is 0. The number of nitrogens with zero attached hydrogens (tertiary/aromatic N) is 1. The minimum absolute atomic E-state index is 0.0799. The van der Waals surface area contributed by atoms with Crippen LogP contribution >= 0.6 is 11.3 Å². The molecule has 1 heterocycles. The fourth-order valence-corrected chi connectivity index (χ4v) is 3.25. The van der Waals surface area contributed by atoms with Gasteiger partial charge in [-0.25, -0.2) is 4.98 Å². The molecule has 4 heteroatoms. The Morgan fingerprint density at radius 2 is 1.61 bits per heavy atom. The maximum Gasteiger partial charge on any atom is 0.123 e. The van der Waals surface area contributed by atoms with E-state index in [-0.39, 0.29) is 6.04 Å². The van der Waals surface area contributed by atoms with Crippen LogP contribution in [0.15, 0.2) is 72.2 Å². The number of benzene rings is 2. The molecular weight excluding hydrogens is 304 g/mol. The standard InChI is InChI=1S/C19H20N2OS/c22-18(19-20-11-12-23-19)17(13-15-7-3-1-4-8-15)21-14-16-9-5-2-6-10-16/h1-12,17-18,21-22H,13-14H2/t17-,18+/m0/s1. The number of thiazole rings is 1. The average Bonchev–Trinajstić information content (AvgIpc) is 3.14. The van der Waals surface area contributed by atoms with E-state index in [1.54, 1.807) is 6.20 Å². The first kappa shape index (κ1) is 15.9. The molecule has 2 atom stereocenters. The van der Waals surface area contributed by atoms with Gasteiger partial charge >= 0.3 is 0 Å². The number of hydrogen-bond donors (Lipinski definition) is 2. The highest BCUT2D eigenvalue weighted by atomic mass is 32.1. The van der Waals surface area contributed by atoms with Gasteiger partial charge in [-0.3, -0.25) is 0 Å². The molecule has 23 heavy (non-hydrogen) atoms. The highest BCUT2D eigenvalue weighted by Gasteiger charge is 2.23. The predicted octanol–water partition coefficient (Wildman–Crippen LogP) is 3.58. The highest BCUT2D eigenvalue weighted by Crippen LogP contribution is 2.22. The minimum atomic E-state index is -0.612. The van der Waals surface area contributed by atoms with Crippen molar-refractivity contribution in [3.63, 3.8) is 0 Å². The van der Waals surface area contributed by atoms with E-state index in [4.69, 9.17) is 0 Å². The number of aromatic nitrogens is 1. The molecule has 0 saturated heterocycles. The van der Waals surface area contributed by atoms with Gasteiger partial charge in [0.15, 0.2) is 0 Å². The molecule has 0 aliphatic rings. The Balaban J connectivity index is 1.72. The van der Waals surface area contributed by atoms with Crippen LogP contribution in [-0.4, -0.2) is 16.1 Å². The van der Waals surface area contributed by atoms with Gasteiger partial charge in [0.2, 0.25) is 0 Å². The van der Waals surface area contributed by atoms with E-state index >= 15 is 0 Å². The Morgan fingerprint density at radius 3 is 2.22 bits per heavy atom. The Bertz CT molecular complexity index is 686. The number of nitrogens with one attached hydrogen (secondary N) is 1. The third-order valence-corrected chi connectivity index (χ3v) is 4.64. The molecule has 0 fully saturated rings. The van der Waals surface area contributed by atoms with E-state index in [1.165, 1.54) is 22.5 Å². The van der Waals surface area contributed by atoms with Crippen LogP contribution in [0.2, 0.25) is 0 Å². The Hall–Kier alpha value is -2.01. The van der Waals surface area contributed by atoms with Gasteiger partial charge in [-0.1, -0.05) is 60.7 Å². The number of hydrogen-bond acceptors (Lipinski definition) is 4. The van der Waals surface area contributed by atoms with Gasteiger partial charge in [0.1, 0.15) is 11.1 Å².